The van der Waals surface area contributed by atoms with Crippen molar-refractivity contribution in [2.45, 2.75) is 70.8 Å². The minimum atomic E-state index is -0.853. The highest BCUT2D eigenvalue weighted by Crippen LogP contribution is 2.27. The number of nitrogens with one attached hydrogen (secondary N) is 2. The molecule has 0 spiro atoms. The molecule has 0 unspecified atom stereocenters. The highest BCUT2D eigenvalue weighted by Gasteiger charge is 2.32. The van der Waals surface area contributed by atoms with Crippen LogP contribution in [0.2, 0.25) is 0 Å². The van der Waals surface area contributed by atoms with E-state index in [1.165, 1.54) is 0 Å². The molecule has 10 heteroatoms. The Morgan fingerprint density at radius 1 is 1.15 bits per heavy atom. The van der Waals surface area contributed by atoms with Gasteiger partial charge < -0.3 is 30.6 Å². The fourth-order valence-corrected chi connectivity index (χ4v) is 4.49. The Bertz CT molecular complexity index is 1240. The number of amides is 3. The molecule has 41 heavy (non-hydrogen) atoms. The normalized spacial score (nSPS) is 16.2. The zero-order valence-electron chi connectivity index (χ0n) is 24.3. The van der Waals surface area contributed by atoms with E-state index >= 15 is 0 Å². The van der Waals surface area contributed by atoms with E-state index in [1.807, 2.05) is 72.5 Å². The average molecular weight is 563 g/mol. The maximum atomic E-state index is 13.1. The van der Waals surface area contributed by atoms with E-state index in [2.05, 4.69) is 22.5 Å². The summed E-state index contributed by atoms with van der Waals surface area (Å²) < 4.78 is 7.30. The third kappa shape index (κ3) is 9.54. The Hall–Kier alpha value is -4.02. The van der Waals surface area contributed by atoms with Crippen LogP contribution in [0.3, 0.4) is 0 Å². The van der Waals surface area contributed by atoms with Crippen molar-refractivity contribution in [3.8, 4) is 0 Å². The lowest BCUT2D eigenvalue weighted by Gasteiger charge is -2.27. The number of carbonyl (C=O) groups is 3. The molecule has 4 N–H and O–H groups in total. The van der Waals surface area contributed by atoms with Crippen LogP contribution in [-0.2, 0) is 25.7 Å². The van der Waals surface area contributed by atoms with E-state index in [0.29, 0.717) is 25.4 Å². The third-order valence-corrected chi connectivity index (χ3v) is 6.73. The van der Waals surface area contributed by atoms with Gasteiger partial charge in [0, 0.05) is 24.8 Å². The predicted octanol–water partition coefficient (Wildman–Crippen LogP) is 3.50. The summed E-state index contributed by atoms with van der Waals surface area (Å²) in [6.07, 6.45) is 5.92. The number of nitrogens with zero attached hydrogens (tertiary/aromatic N) is 3. The molecule has 0 bridgehead atoms. The van der Waals surface area contributed by atoms with Crippen molar-refractivity contribution in [2.75, 3.05) is 18.5 Å². The van der Waals surface area contributed by atoms with Crippen LogP contribution in [0.5, 0.6) is 0 Å². The summed E-state index contributed by atoms with van der Waals surface area (Å²) >= 11 is 0. The van der Waals surface area contributed by atoms with Gasteiger partial charge in [-0.05, 0) is 51.7 Å². The molecule has 220 valence electrons. The number of carbonyl (C=O) groups excluding carboxylic acids is 3. The van der Waals surface area contributed by atoms with Gasteiger partial charge in [0.05, 0.1) is 25.1 Å². The molecule has 1 aromatic heterocycles. The number of imidazole rings is 1. The highest BCUT2D eigenvalue weighted by molar-refractivity contribution is 5.85. The summed E-state index contributed by atoms with van der Waals surface area (Å²) in [4.78, 5) is 41.4. The lowest BCUT2D eigenvalue weighted by atomic mass is 10.0. The number of benzene rings is 2. The fraction of sp³-hybridized carbons (Fsp3) is 0.419. The van der Waals surface area contributed by atoms with Crippen LogP contribution in [0.15, 0.2) is 73.2 Å². The molecule has 2 heterocycles. The van der Waals surface area contributed by atoms with Gasteiger partial charge in [-0.1, -0.05) is 60.7 Å². The van der Waals surface area contributed by atoms with Crippen LogP contribution >= 0.6 is 0 Å². The predicted molar refractivity (Wildman–Crippen MR) is 159 cm³/mol. The summed E-state index contributed by atoms with van der Waals surface area (Å²) in [6, 6.07) is 19.3. The number of hydrogen-bond donors (Lipinski definition) is 3. The molecule has 1 saturated heterocycles. The zero-order chi connectivity index (χ0) is 29.8. The van der Waals surface area contributed by atoms with Crippen LogP contribution in [0.1, 0.15) is 57.7 Å². The van der Waals surface area contributed by atoms with Crippen LogP contribution in [0.4, 0.5) is 5.82 Å². The largest absolute Gasteiger partial charge is 0.375 e. The van der Waals surface area contributed by atoms with Crippen molar-refractivity contribution < 1.29 is 19.1 Å². The van der Waals surface area contributed by atoms with Crippen molar-refractivity contribution in [3.05, 3.63) is 84.3 Å². The summed E-state index contributed by atoms with van der Waals surface area (Å²) in [7, 11) is 0. The number of hydrogen-bond acceptors (Lipinski definition) is 6. The highest BCUT2D eigenvalue weighted by atomic mass is 16.5. The lowest BCUT2D eigenvalue weighted by molar-refractivity contribution is -0.134. The van der Waals surface area contributed by atoms with Gasteiger partial charge in [-0.15, -0.1) is 0 Å². The molecule has 1 aliphatic rings. The Labute approximate surface area is 242 Å². The van der Waals surface area contributed by atoms with Crippen molar-refractivity contribution in [2.24, 2.45) is 5.73 Å². The molecule has 3 atom stereocenters. The second kappa shape index (κ2) is 15.1. The van der Waals surface area contributed by atoms with Crippen molar-refractivity contribution in [1.82, 2.24) is 19.8 Å². The third-order valence-electron chi connectivity index (χ3n) is 6.73. The molecular formula is C31H42N6O4. The number of nitrogens with two attached hydrogens (primary N) is 1. The molecule has 0 radical (unpaired) electrons. The molecule has 0 aliphatic carbocycles. The Balaban J connectivity index is 0.000000233. The molecule has 1 fully saturated rings. The Kier molecular flexibility index (Phi) is 11.6. The van der Waals surface area contributed by atoms with E-state index in [4.69, 9.17) is 10.5 Å². The van der Waals surface area contributed by atoms with Gasteiger partial charge in [0.1, 0.15) is 6.04 Å². The first-order valence-electron chi connectivity index (χ1n) is 13.9. The quantitative estimate of drug-likeness (QED) is 0.307. The SMILES string of the molecule is C[C@@H](COCc1ccccc1)NC(=O)C(C)(C)N.C[C@@H]1CCCN1C(=O)[C@H](c1ccccc1)n1cnc(NC=O)c1. The molecule has 3 aromatic rings. The Morgan fingerprint density at radius 3 is 2.39 bits per heavy atom. The monoisotopic (exact) mass is 562 g/mol. The average Bonchev–Trinajstić information content (AvgIpc) is 3.59. The summed E-state index contributed by atoms with van der Waals surface area (Å²) in [5.41, 5.74) is 6.87. The number of rotatable bonds is 11. The van der Waals surface area contributed by atoms with Gasteiger partial charge in [-0.2, -0.15) is 0 Å². The topological polar surface area (TPSA) is 132 Å². The second-order valence-electron chi connectivity index (χ2n) is 10.9. The molecule has 10 nitrogen and oxygen atoms in total. The number of likely N-dealkylation sites (tertiary alicyclic amines) is 1. The molecular weight excluding hydrogens is 520 g/mol. The first-order valence-corrected chi connectivity index (χ1v) is 13.9. The van der Waals surface area contributed by atoms with Crippen molar-refractivity contribution in [1.29, 1.82) is 0 Å². The minimum Gasteiger partial charge on any atom is -0.375 e. The van der Waals surface area contributed by atoms with Gasteiger partial charge >= 0.3 is 0 Å². The number of aromatic nitrogens is 2. The van der Waals surface area contributed by atoms with Gasteiger partial charge in [0.15, 0.2) is 5.82 Å². The second-order valence-corrected chi connectivity index (χ2v) is 10.9. The maximum absolute atomic E-state index is 13.1. The number of ether oxygens (including phenoxy) is 1. The lowest BCUT2D eigenvalue weighted by Crippen LogP contribution is -2.52. The van der Waals surface area contributed by atoms with Gasteiger partial charge in [-0.3, -0.25) is 14.4 Å². The smallest absolute Gasteiger partial charge is 0.250 e. The van der Waals surface area contributed by atoms with E-state index in [9.17, 15) is 14.4 Å². The maximum Gasteiger partial charge on any atom is 0.250 e. The molecule has 1 aliphatic heterocycles. The van der Waals surface area contributed by atoms with E-state index in [0.717, 1.165) is 30.5 Å². The van der Waals surface area contributed by atoms with E-state index in [-0.39, 0.29) is 23.9 Å². The van der Waals surface area contributed by atoms with E-state index < -0.39 is 11.6 Å². The van der Waals surface area contributed by atoms with Crippen molar-refractivity contribution >= 4 is 24.0 Å². The summed E-state index contributed by atoms with van der Waals surface area (Å²) in [5, 5.41) is 5.33. The van der Waals surface area contributed by atoms with Gasteiger partial charge in [-0.25, -0.2) is 4.98 Å². The van der Waals surface area contributed by atoms with Crippen LogP contribution in [-0.4, -0.2) is 63.4 Å². The first kappa shape index (κ1) is 31.5. The molecule has 0 saturated carbocycles. The standard InChI is InChI=1S/C17H20N4O2.C14H22N2O2/c1-13-6-5-9-21(13)17(23)16(14-7-3-2-4-8-14)20-10-15(18-11-20)19-12-22;1-11(16-13(17)14(2,3)15)9-18-10-12-7-5-4-6-8-12/h2-4,7-8,10-13,16H,5-6,9H2,1H3,(H,19,22);4-8,11H,9-10,15H2,1-3H3,(H,16,17)/t13-,16+;11-/m10/s1. The minimum absolute atomic E-state index is 0.0518. The van der Waals surface area contributed by atoms with Crippen LogP contribution in [0, 0.1) is 0 Å². The molecule has 3 amide bonds. The zero-order valence-corrected chi connectivity index (χ0v) is 24.3. The van der Waals surface area contributed by atoms with Crippen molar-refractivity contribution in [3.63, 3.8) is 0 Å². The Morgan fingerprint density at radius 2 is 1.80 bits per heavy atom. The van der Waals surface area contributed by atoms with Gasteiger partial charge in [0.2, 0.25) is 12.3 Å². The first-order chi connectivity index (χ1) is 19.6. The van der Waals surface area contributed by atoms with Gasteiger partial charge in [0.25, 0.3) is 5.91 Å². The fourth-order valence-electron chi connectivity index (χ4n) is 4.49. The molecule has 4 rings (SSSR count). The molecule has 2 aromatic carbocycles. The number of anilines is 1. The van der Waals surface area contributed by atoms with Crippen LogP contribution in [0.25, 0.3) is 0 Å². The summed E-state index contributed by atoms with van der Waals surface area (Å²) in [6.45, 7) is 9.15. The summed E-state index contributed by atoms with van der Waals surface area (Å²) in [5.74, 6) is 0.331. The van der Waals surface area contributed by atoms with E-state index in [1.54, 1.807) is 30.9 Å². The van der Waals surface area contributed by atoms with Crippen LogP contribution < -0.4 is 16.4 Å².